The lowest BCUT2D eigenvalue weighted by Gasteiger charge is -2.13. The average Bonchev–Trinajstić information content (AvgIpc) is 2.99. The molecule has 4 nitrogen and oxygen atoms in total. The van der Waals surface area contributed by atoms with Gasteiger partial charge in [0.25, 0.3) is 0 Å². The van der Waals surface area contributed by atoms with Gasteiger partial charge in [0, 0.05) is 5.39 Å². The molecule has 0 fully saturated rings. The zero-order chi connectivity index (χ0) is 18.3. The Morgan fingerprint density at radius 2 is 1.73 bits per heavy atom. The van der Waals surface area contributed by atoms with E-state index in [-0.39, 0.29) is 5.75 Å². The number of hydrogen-bond acceptors (Lipinski definition) is 3. The molecule has 0 saturated heterocycles. The minimum atomic E-state index is 0.261. The lowest BCUT2D eigenvalue weighted by atomic mass is 9.91. The molecule has 1 heterocycles. The van der Waals surface area contributed by atoms with Crippen molar-refractivity contribution in [3.05, 3.63) is 76.9 Å². The number of nitrogens with one attached hydrogen (secondary N) is 1. The number of rotatable bonds is 3. The molecule has 0 amide bonds. The number of benzene rings is 3. The summed E-state index contributed by atoms with van der Waals surface area (Å²) in [5.74, 6) is 0.774. The van der Waals surface area contributed by atoms with Crippen molar-refractivity contribution in [2.24, 2.45) is 0 Å². The normalized spacial score (nSPS) is 11.2. The zero-order valence-corrected chi connectivity index (χ0v) is 14.9. The van der Waals surface area contributed by atoms with E-state index < -0.39 is 0 Å². The van der Waals surface area contributed by atoms with E-state index >= 15 is 0 Å². The van der Waals surface area contributed by atoms with E-state index in [1.807, 2.05) is 12.1 Å². The molecule has 4 heteroatoms. The van der Waals surface area contributed by atoms with E-state index in [0.717, 1.165) is 28.5 Å². The molecule has 0 atom stereocenters. The summed E-state index contributed by atoms with van der Waals surface area (Å²) in [4.78, 5) is 0. The minimum Gasteiger partial charge on any atom is -0.508 e. The predicted molar refractivity (Wildman–Crippen MR) is 106 cm³/mol. The highest BCUT2D eigenvalue weighted by molar-refractivity contribution is 5.93. The first-order chi connectivity index (χ1) is 12.5. The molecule has 0 unspecified atom stereocenters. The zero-order valence-electron chi connectivity index (χ0n) is 14.9. The van der Waals surface area contributed by atoms with Crippen LogP contribution in [0, 0.1) is 13.8 Å². The van der Waals surface area contributed by atoms with Crippen LogP contribution in [-0.2, 0) is 6.42 Å². The average molecular weight is 343 g/mol. The standard InChI is InChI=1S/C22H21N3O/c1-13-3-4-14(2)16(9-13)10-17-11-20-21(24-25-22(20)23)12-19(17)15-5-7-18(26)8-6-15/h3-9,11-12,26H,10H2,1-2H3,(H3,23,24,25). The monoisotopic (exact) mass is 343 g/mol. The van der Waals surface area contributed by atoms with Crippen molar-refractivity contribution < 1.29 is 5.11 Å². The Kier molecular flexibility index (Phi) is 3.88. The summed E-state index contributed by atoms with van der Waals surface area (Å²) in [6.45, 7) is 4.25. The molecule has 0 aliphatic rings. The molecule has 0 spiro atoms. The highest BCUT2D eigenvalue weighted by Gasteiger charge is 2.13. The fraction of sp³-hybridized carbons (Fsp3) is 0.136. The molecule has 0 saturated carbocycles. The number of anilines is 1. The Morgan fingerprint density at radius 1 is 0.962 bits per heavy atom. The number of aromatic hydroxyl groups is 1. The predicted octanol–water partition coefficient (Wildman–Crippen LogP) is 4.73. The number of aromatic nitrogens is 2. The number of phenolic OH excluding ortho intramolecular Hbond substituents is 1. The fourth-order valence-corrected chi connectivity index (χ4v) is 3.38. The number of nitrogen functional groups attached to an aromatic ring is 1. The smallest absolute Gasteiger partial charge is 0.153 e. The number of phenols is 1. The highest BCUT2D eigenvalue weighted by Crippen LogP contribution is 2.33. The Bertz CT molecular complexity index is 1090. The Balaban J connectivity index is 1.90. The van der Waals surface area contributed by atoms with Gasteiger partial charge in [-0.3, -0.25) is 5.10 Å². The molecule has 26 heavy (non-hydrogen) atoms. The van der Waals surface area contributed by atoms with Crippen LogP contribution in [0.4, 0.5) is 5.82 Å². The van der Waals surface area contributed by atoms with Crippen molar-refractivity contribution in [1.29, 1.82) is 0 Å². The number of aromatic amines is 1. The molecule has 1 aromatic heterocycles. The largest absolute Gasteiger partial charge is 0.508 e. The van der Waals surface area contributed by atoms with Crippen molar-refractivity contribution in [3.8, 4) is 16.9 Å². The van der Waals surface area contributed by atoms with Crippen molar-refractivity contribution in [2.75, 3.05) is 5.73 Å². The van der Waals surface area contributed by atoms with Crippen LogP contribution in [0.15, 0.2) is 54.6 Å². The van der Waals surface area contributed by atoms with Crippen LogP contribution in [0.5, 0.6) is 5.75 Å². The third-order valence-corrected chi connectivity index (χ3v) is 4.88. The topological polar surface area (TPSA) is 74.9 Å². The molecular weight excluding hydrogens is 322 g/mol. The molecule has 0 aliphatic heterocycles. The maximum Gasteiger partial charge on any atom is 0.153 e. The highest BCUT2D eigenvalue weighted by atomic mass is 16.3. The Morgan fingerprint density at radius 3 is 2.50 bits per heavy atom. The van der Waals surface area contributed by atoms with E-state index in [1.54, 1.807) is 12.1 Å². The molecule has 4 aromatic rings. The molecule has 0 bridgehead atoms. The lowest BCUT2D eigenvalue weighted by molar-refractivity contribution is 0.475. The second kappa shape index (κ2) is 6.23. The first-order valence-electron chi connectivity index (χ1n) is 8.63. The number of aryl methyl sites for hydroxylation is 2. The molecule has 0 aliphatic carbocycles. The molecular formula is C22H21N3O. The number of nitrogens with two attached hydrogens (primary N) is 1. The quantitative estimate of drug-likeness (QED) is 0.503. The summed E-state index contributed by atoms with van der Waals surface area (Å²) >= 11 is 0. The third kappa shape index (κ3) is 2.90. The van der Waals surface area contributed by atoms with Crippen molar-refractivity contribution >= 4 is 16.7 Å². The van der Waals surface area contributed by atoms with Gasteiger partial charge in [-0.1, -0.05) is 35.9 Å². The maximum atomic E-state index is 9.62. The number of hydrogen-bond donors (Lipinski definition) is 3. The van der Waals surface area contributed by atoms with Gasteiger partial charge in [0.15, 0.2) is 5.82 Å². The number of fused-ring (bicyclic) bond motifs is 1. The summed E-state index contributed by atoms with van der Waals surface area (Å²) in [7, 11) is 0. The fourth-order valence-electron chi connectivity index (χ4n) is 3.38. The number of nitrogens with zero attached hydrogens (tertiary/aromatic N) is 1. The summed E-state index contributed by atoms with van der Waals surface area (Å²) in [5, 5.41) is 17.7. The lowest BCUT2D eigenvalue weighted by Crippen LogP contribution is -1.96. The summed E-state index contributed by atoms with van der Waals surface area (Å²) in [6.07, 6.45) is 0.810. The van der Waals surface area contributed by atoms with Crippen LogP contribution in [-0.4, -0.2) is 15.3 Å². The van der Waals surface area contributed by atoms with Crippen LogP contribution in [0.1, 0.15) is 22.3 Å². The van der Waals surface area contributed by atoms with Gasteiger partial charge in [-0.25, -0.2) is 0 Å². The van der Waals surface area contributed by atoms with Crippen molar-refractivity contribution in [3.63, 3.8) is 0 Å². The van der Waals surface area contributed by atoms with Gasteiger partial charge in [0.1, 0.15) is 5.75 Å². The van der Waals surface area contributed by atoms with E-state index in [9.17, 15) is 5.11 Å². The molecule has 0 radical (unpaired) electrons. The van der Waals surface area contributed by atoms with Gasteiger partial charge in [-0.05, 0) is 72.4 Å². The van der Waals surface area contributed by atoms with Gasteiger partial charge in [0.05, 0.1) is 5.52 Å². The minimum absolute atomic E-state index is 0.261. The van der Waals surface area contributed by atoms with Gasteiger partial charge in [-0.2, -0.15) is 5.10 Å². The van der Waals surface area contributed by atoms with Gasteiger partial charge < -0.3 is 10.8 Å². The summed E-state index contributed by atoms with van der Waals surface area (Å²) < 4.78 is 0. The van der Waals surface area contributed by atoms with Gasteiger partial charge >= 0.3 is 0 Å². The van der Waals surface area contributed by atoms with Crippen LogP contribution in [0.2, 0.25) is 0 Å². The van der Waals surface area contributed by atoms with E-state index in [4.69, 9.17) is 5.73 Å². The first kappa shape index (κ1) is 16.2. The van der Waals surface area contributed by atoms with Crippen LogP contribution < -0.4 is 5.73 Å². The van der Waals surface area contributed by atoms with E-state index in [0.29, 0.717) is 5.82 Å². The van der Waals surface area contributed by atoms with Crippen molar-refractivity contribution in [1.82, 2.24) is 10.2 Å². The van der Waals surface area contributed by atoms with Crippen molar-refractivity contribution in [2.45, 2.75) is 20.3 Å². The number of H-pyrrole nitrogens is 1. The Hall–Kier alpha value is -3.27. The second-order valence-corrected chi connectivity index (χ2v) is 6.82. The van der Waals surface area contributed by atoms with Gasteiger partial charge in [0.2, 0.25) is 0 Å². The SMILES string of the molecule is Cc1ccc(C)c(Cc2cc3c(N)n[nH]c3cc2-c2ccc(O)cc2)c1. The molecule has 130 valence electrons. The van der Waals surface area contributed by atoms with E-state index in [1.165, 1.54) is 22.3 Å². The molecule has 3 aromatic carbocycles. The second-order valence-electron chi connectivity index (χ2n) is 6.82. The maximum absolute atomic E-state index is 9.62. The molecule has 4 N–H and O–H groups in total. The summed E-state index contributed by atoms with van der Waals surface area (Å²) in [6, 6.07) is 18.0. The first-order valence-corrected chi connectivity index (χ1v) is 8.63. The van der Waals surface area contributed by atoms with Crippen LogP contribution in [0.25, 0.3) is 22.0 Å². The van der Waals surface area contributed by atoms with Gasteiger partial charge in [-0.15, -0.1) is 0 Å². The third-order valence-electron chi connectivity index (χ3n) is 4.88. The van der Waals surface area contributed by atoms with Crippen LogP contribution >= 0.6 is 0 Å². The summed E-state index contributed by atoms with van der Waals surface area (Å²) in [5.41, 5.74) is 14.1. The molecule has 4 rings (SSSR count). The van der Waals surface area contributed by atoms with Crippen LogP contribution in [0.3, 0.4) is 0 Å². The van der Waals surface area contributed by atoms with E-state index in [2.05, 4.69) is 54.4 Å². The Labute approximate surface area is 152 Å².